The lowest BCUT2D eigenvalue weighted by Gasteiger charge is -2.34. The topological polar surface area (TPSA) is 16.4 Å². The lowest BCUT2D eigenvalue weighted by molar-refractivity contribution is 0.669. The molecule has 0 N–H and O–H groups in total. The first-order chi connectivity index (χ1) is 27.3. The molecule has 0 aliphatic heterocycles. The summed E-state index contributed by atoms with van der Waals surface area (Å²) in [4.78, 5) is 2.35. The van der Waals surface area contributed by atoms with Gasteiger partial charge in [-0.05, 0) is 92.2 Å². The molecule has 0 radical (unpaired) electrons. The molecule has 2 nitrogen and oxygen atoms in total. The van der Waals surface area contributed by atoms with Crippen LogP contribution in [0, 0.1) is 0 Å². The maximum atomic E-state index is 6.72. The van der Waals surface area contributed by atoms with Crippen molar-refractivity contribution in [2.45, 2.75) is 5.41 Å². The predicted octanol–water partition coefficient (Wildman–Crippen LogP) is 14.2. The average Bonchev–Trinajstić information content (AvgIpc) is 3.79. The zero-order valence-electron chi connectivity index (χ0n) is 30.1. The number of hydrogen-bond donors (Lipinski definition) is 0. The van der Waals surface area contributed by atoms with Gasteiger partial charge in [-0.2, -0.15) is 0 Å². The van der Waals surface area contributed by atoms with Crippen LogP contribution >= 0.6 is 0 Å². The zero-order valence-corrected chi connectivity index (χ0v) is 30.1. The van der Waals surface area contributed by atoms with Crippen LogP contribution in [0.4, 0.5) is 17.1 Å². The molecule has 0 fully saturated rings. The van der Waals surface area contributed by atoms with Crippen molar-refractivity contribution in [3.63, 3.8) is 0 Å². The molecule has 258 valence electrons. The largest absolute Gasteiger partial charge is 0.455 e. The minimum Gasteiger partial charge on any atom is -0.455 e. The van der Waals surface area contributed by atoms with Gasteiger partial charge in [0.15, 0.2) is 0 Å². The van der Waals surface area contributed by atoms with Gasteiger partial charge in [-0.15, -0.1) is 0 Å². The van der Waals surface area contributed by atoms with Gasteiger partial charge >= 0.3 is 0 Å². The molecule has 2 heteroatoms. The monoisotopic (exact) mass is 701 g/mol. The molecule has 1 aliphatic rings. The minimum absolute atomic E-state index is 0.545. The second-order valence-electron chi connectivity index (χ2n) is 14.4. The van der Waals surface area contributed by atoms with E-state index in [0.29, 0.717) is 0 Å². The first kappa shape index (κ1) is 31.4. The van der Waals surface area contributed by atoms with Crippen molar-refractivity contribution < 1.29 is 4.42 Å². The Labute approximate surface area is 320 Å². The van der Waals surface area contributed by atoms with E-state index in [1.165, 1.54) is 55.3 Å². The molecule has 10 aromatic rings. The minimum atomic E-state index is -0.545. The fourth-order valence-electron chi connectivity index (χ4n) is 9.17. The first-order valence-electron chi connectivity index (χ1n) is 18.9. The Bertz CT molecular complexity index is 3010. The average molecular weight is 702 g/mol. The molecule has 1 atom stereocenters. The standard InChI is InChI=1S/C53H35NO/c1-3-16-38(17-4-1)53(48-24-11-9-22-47(48)51-49(53)35-34-46-45-21-10-12-25-50(45)55-52(46)51)39-28-32-42(33-29-39)54(40-18-5-2-6-19-40)41-30-26-37(27-31-41)44-23-13-15-36-14-7-8-20-43(36)44/h1-35H. The van der Waals surface area contributed by atoms with E-state index in [9.17, 15) is 0 Å². The molecule has 1 unspecified atom stereocenters. The maximum absolute atomic E-state index is 6.72. The Hall–Kier alpha value is -7.16. The van der Waals surface area contributed by atoms with E-state index in [2.05, 4.69) is 211 Å². The number of hydrogen-bond acceptors (Lipinski definition) is 2. The van der Waals surface area contributed by atoms with Crippen LogP contribution in [0.2, 0.25) is 0 Å². The fraction of sp³-hybridized carbons (Fsp3) is 0.0189. The van der Waals surface area contributed by atoms with E-state index in [1.54, 1.807) is 0 Å². The summed E-state index contributed by atoms with van der Waals surface area (Å²) in [6.45, 7) is 0. The summed E-state index contributed by atoms with van der Waals surface area (Å²) in [5.74, 6) is 0. The normalized spacial score (nSPS) is 14.6. The molecule has 0 spiro atoms. The lowest BCUT2D eigenvalue weighted by Crippen LogP contribution is -2.28. The number of fused-ring (bicyclic) bond motifs is 8. The van der Waals surface area contributed by atoms with E-state index in [4.69, 9.17) is 4.42 Å². The van der Waals surface area contributed by atoms with Gasteiger partial charge in [0.2, 0.25) is 0 Å². The highest BCUT2D eigenvalue weighted by Gasteiger charge is 2.47. The van der Waals surface area contributed by atoms with Crippen molar-refractivity contribution in [3.8, 4) is 22.3 Å². The SMILES string of the molecule is c1ccc(N(c2ccc(-c3cccc4ccccc34)cc2)c2ccc(C3(c4ccccc4)c4ccccc4-c4c3ccc3c4oc4ccccc43)cc2)cc1. The number of rotatable bonds is 6. The molecular formula is C53H35NO. The molecule has 0 saturated carbocycles. The molecule has 11 rings (SSSR count). The number of para-hydroxylation sites is 2. The highest BCUT2D eigenvalue weighted by Crippen LogP contribution is 2.58. The molecule has 55 heavy (non-hydrogen) atoms. The Morgan fingerprint density at radius 3 is 1.75 bits per heavy atom. The fourth-order valence-corrected chi connectivity index (χ4v) is 9.17. The van der Waals surface area contributed by atoms with Crippen LogP contribution in [0.3, 0.4) is 0 Å². The Kier molecular flexibility index (Phi) is 7.11. The van der Waals surface area contributed by atoms with Crippen LogP contribution < -0.4 is 4.90 Å². The molecule has 0 bridgehead atoms. The van der Waals surface area contributed by atoms with Gasteiger partial charge in [-0.25, -0.2) is 0 Å². The number of benzene rings is 9. The van der Waals surface area contributed by atoms with Gasteiger partial charge in [-0.3, -0.25) is 0 Å². The summed E-state index contributed by atoms with van der Waals surface area (Å²) < 4.78 is 6.72. The number of anilines is 3. The summed E-state index contributed by atoms with van der Waals surface area (Å²) in [5, 5.41) is 4.80. The third-order valence-corrected chi connectivity index (χ3v) is 11.6. The van der Waals surface area contributed by atoms with Gasteiger partial charge < -0.3 is 9.32 Å². The molecule has 0 amide bonds. The van der Waals surface area contributed by atoms with Crippen LogP contribution in [0.5, 0.6) is 0 Å². The Morgan fingerprint density at radius 2 is 0.945 bits per heavy atom. The van der Waals surface area contributed by atoms with Crippen molar-refractivity contribution >= 4 is 49.8 Å². The van der Waals surface area contributed by atoms with Crippen molar-refractivity contribution in [3.05, 3.63) is 235 Å². The highest BCUT2D eigenvalue weighted by atomic mass is 16.3. The van der Waals surface area contributed by atoms with E-state index >= 15 is 0 Å². The Morgan fingerprint density at radius 1 is 0.364 bits per heavy atom. The van der Waals surface area contributed by atoms with Gasteiger partial charge in [0.05, 0.1) is 5.41 Å². The van der Waals surface area contributed by atoms with Crippen molar-refractivity contribution in [2.24, 2.45) is 0 Å². The lowest BCUT2D eigenvalue weighted by atomic mass is 9.67. The smallest absolute Gasteiger partial charge is 0.143 e. The molecule has 0 saturated heterocycles. The van der Waals surface area contributed by atoms with Crippen LogP contribution in [0.25, 0.3) is 55.0 Å². The zero-order chi connectivity index (χ0) is 36.3. The summed E-state index contributed by atoms with van der Waals surface area (Å²) in [6, 6.07) is 76.8. The van der Waals surface area contributed by atoms with Gasteiger partial charge in [0.25, 0.3) is 0 Å². The summed E-state index contributed by atoms with van der Waals surface area (Å²) in [5.41, 5.74) is 14.4. The maximum Gasteiger partial charge on any atom is 0.143 e. The quantitative estimate of drug-likeness (QED) is 0.172. The Balaban J connectivity index is 1.08. The number of nitrogens with zero attached hydrogens (tertiary/aromatic N) is 1. The van der Waals surface area contributed by atoms with Crippen molar-refractivity contribution in [1.82, 2.24) is 0 Å². The summed E-state index contributed by atoms with van der Waals surface area (Å²) in [6.07, 6.45) is 0. The van der Waals surface area contributed by atoms with E-state index < -0.39 is 5.41 Å². The molecule has 1 aromatic heterocycles. The third-order valence-electron chi connectivity index (χ3n) is 11.6. The van der Waals surface area contributed by atoms with Crippen LogP contribution in [0.15, 0.2) is 217 Å². The predicted molar refractivity (Wildman–Crippen MR) is 229 cm³/mol. The van der Waals surface area contributed by atoms with Gasteiger partial charge in [-0.1, -0.05) is 170 Å². The van der Waals surface area contributed by atoms with E-state index in [1.807, 2.05) is 6.07 Å². The van der Waals surface area contributed by atoms with Crippen LogP contribution in [-0.4, -0.2) is 0 Å². The van der Waals surface area contributed by atoms with Gasteiger partial charge in [0, 0.05) is 33.4 Å². The van der Waals surface area contributed by atoms with E-state index in [-0.39, 0.29) is 0 Å². The highest BCUT2D eigenvalue weighted by molar-refractivity contribution is 6.12. The third kappa shape index (κ3) is 4.75. The van der Waals surface area contributed by atoms with Crippen LogP contribution in [0.1, 0.15) is 22.3 Å². The second-order valence-corrected chi connectivity index (χ2v) is 14.4. The van der Waals surface area contributed by atoms with Crippen LogP contribution in [-0.2, 0) is 5.41 Å². The summed E-state index contributed by atoms with van der Waals surface area (Å²) >= 11 is 0. The molecule has 1 aliphatic carbocycles. The molecular weight excluding hydrogens is 667 g/mol. The van der Waals surface area contributed by atoms with Crippen molar-refractivity contribution in [2.75, 3.05) is 4.90 Å². The second kappa shape index (κ2) is 12.5. The number of furan rings is 1. The summed E-state index contributed by atoms with van der Waals surface area (Å²) in [7, 11) is 0. The molecule has 1 heterocycles. The molecule has 9 aromatic carbocycles. The first-order valence-corrected chi connectivity index (χ1v) is 18.9. The van der Waals surface area contributed by atoms with E-state index in [0.717, 1.165) is 39.0 Å². The van der Waals surface area contributed by atoms with Crippen molar-refractivity contribution in [1.29, 1.82) is 0 Å². The van der Waals surface area contributed by atoms with Gasteiger partial charge in [0.1, 0.15) is 11.2 Å².